The van der Waals surface area contributed by atoms with Gasteiger partial charge in [-0.3, -0.25) is 9.20 Å². The van der Waals surface area contributed by atoms with Crippen LogP contribution in [0.3, 0.4) is 0 Å². The summed E-state index contributed by atoms with van der Waals surface area (Å²) in [5, 5.41) is 0. The summed E-state index contributed by atoms with van der Waals surface area (Å²) in [6.07, 6.45) is 1.78. The maximum absolute atomic E-state index is 12.3. The van der Waals surface area contributed by atoms with Gasteiger partial charge in [0.15, 0.2) is 0 Å². The fourth-order valence-corrected chi connectivity index (χ4v) is 2.58. The first-order valence-corrected chi connectivity index (χ1v) is 6.80. The molecule has 0 bridgehead atoms. The number of nitrogens with zero attached hydrogens (tertiary/aromatic N) is 3. The van der Waals surface area contributed by atoms with Crippen LogP contribution in [0, 0.1) is 6.92 Å². The molecule has 0 aliphatic rings. The van der Waals surface area contributed by atoms with Gasteiger partial charge in [-0.1, -0.05) is 29.8 Å². The van der Waals surface area contributed by atoms with E-state index >= 15 is 0 Å². The van der Waals surface area contributed by atoms with Crippen LogP contribution < -0.4 is 5.56 Å². The number of aromatic nitrogens is 3. The van der Waals surface area contributed by atoms with Crippen LogP contribution in [0.2, 0.25) is 0 Å². The van der Waals surface area contributed by atoms with Gasteiger partial charge >= 0.3 is 0 Å². The highest BCUT2D eigenvalue weighted by Crippen LogP contribution is 2.17. The fraction of sp³-hybridized carbons (Fsp3) is 0.0588. The maximum atomic E-state index is 12.3. The molecule has 2 aromatic heterocycles. The molecule has 4 heteroatoms. The molecule has 0 aliphatic carbocycles. The second kappa shape index (κ2) is 4.31. The molecule has 0 atom stereocenters. The van der Waals surface area contributed by atoms with Gasteiger partial charge in [0.25, 0.3) is 5.56 Å². The van der Waals surface area contributed by atoms with Gasteiger partial charge in [-0.05, 0) is 31.2 Å². The third kappa shape index (κ3) is 1.76. The van der Waals surface area contributed by atoms with Crippen molar-refractivity contribution in [3.63, 3.8) is 0 Å². The lowest BCUT2D eigenvalue weighted by Gasteiger charge is -2.07. The van der Waals surface area contributed by atoms with Gasteiger partial charge in [0.1, 0.15) is 0 Å². The number of hydrogen-bond donors (Lipinski definition) is 0. The van der Waals surface area contributed by atoms with E-state index in [0.29, 0.717) is 5.78 Å². The van der Waals surface area contributed by atoms with Crippen molar-refractivity contribution >= 4 is 16.8 Å². The second-order valence-corrected chi connectivity index (χ2v) is 5.10. The molecule has 0 aliphatic heterocycles. The SMILES string of the molecule is Cc1ccc(-n2c(=O)ccn3c4ccccc4nc23)cc1. The molecule has 4 rings (SSSR count). The van der Waals surface area contributed by atoms with E-state index in [0.717, 1.165) is 22.3 Å². The smallest absolute Gasteiger partial charge is 0.259 e. The van der Waals surface area contributed by atoms with E-state index < -0.39 is 0 Å². The van der Waals surface area contributed by atoms with Crippen LogP contribution in [0.1, 0.15) is 5.56 Å². The van der Waals surface area contributed by atoms with Crippen LogP contribution in [0.25, 0.3) is 22.5 Å². The van der Waals surface area contributed by atoms with Gasteiger partial charge in [-0.25, -0.2) is 9.55 Å². The minimum absolute atomic E-state index is 0.0818. The number of hydrogen-bond acceptors (Lipinski definition) is 2. The number of aryl methyl sites for hydroxylation is 1. The lowest BCUT2D eigenvalue weighted by molar-refractivity contribution is 0.952. The molecule has 2 aromatic carbocycles. The zero-order valence-corrected chi connectivity index (χ0v) is 11.5. The van der Waals surface area contributed by atoms with Crippen LogP contribution in [0.15, 0.2) is 65.6 Å². The lowest BCUT2D eigenvalue weighted by atomic mass is 10.2. The molecule has 0 amide bonds. The van der Waals surface area contributed by atoms with Crippen LogP contribution >= 0.6 is 0 Å². The third-order valence-corrected chi connectivity index (χ3v) is 3.66. The molecule has 2 heterocycles. The van der Waals surface area contributed by atoms with E-state index in [2.05, 4.69) is 4.98 Å². The topological polar surface area (TPSA) is 39.3 Å². The molecule has 4 nitrogen and oxygen atoms in total. The van der Waals surface area contributed by atoms with E-state index in [4.69, 9.17) is 0 Å². The highest BCUT2D eigenvalue weighted by molar-refractivity contribution is 5.79. The summed E-state index contributed by atoms with van der Waals surface area (Å²) < 4.78 is 3.58. The second-order valence-electron chi connectivity index (χ2n) is 5.10. The lowest BCUT2D eigenvalue weighted by Crippen LogP contribution is -2.19. The van der Waals surface area contributed by atoms with Crippen LogP contribution in [0.5, 0.6) is 0 Å². The Bertz CT molecular complexity index is 1010. The van der Waals surface area contributed by atoms with Crippen LogP contribution in [-0.4, -0.2) is 14.0 Å². The summed E-state index contributed by atoms with van der Waals surface area (Å²) >= 11 is 0. The van der Waals surface area contributed by atoms with Gasteiger partial charge < -0.3 is 0 Å². The molecule has 0 fully saturated rings. The Kier molecular flexibility index (Phi) is 2.44. The predicted molar refractivity (Wildman–Crippen MR) is 83.0 cm³/mol. The molecule has 0 saturated carbocycles. The fourth-order valence-electron chi connectivity index (χ4n) is 2.58. The highest BCUT2D eigenvalue weighted by Gasteiger charge is 2.10. The molecule has 0 N–H and O–H groups in total. The van der Waals surface area contributed by atoms with Crippen LogP contribution in [0.4, 0.5) is 0 Å². The van der Waals surface area contributed by atoms with Gasteiger partial charge in [-0.2, -0.15) is 0 Å². The Morgan fingerprint density at radius 2 is 1.71 bits per heavy atom. The Balaban J connectivity index is 2.14. The monoisotopic (exact) mass is 275 g/mol. The van der Waals surface area contributed by atoms with Crippen molar-refractivity contribution in [3.8, 4) is 5.69 Å². The van der Waals surface area contributed by atoms with Crippen molar-refractivity contribution in [2.75, 3.05) is 0 Å². The average molecular weight is 275 g/mol. The molecule has 102 valence electrons. The molecule has 0 spiro atoms. The van der Waals surface area contributed by atoms with Gasteiger partial charge in [0.05, 0.1) is 16.7 Å². The first-order valence-electron chi connectivity index (χ1n) is 6.80. The summed E-state index contributed by atoms with van der Waals surface area (Å²) in [4.78, 5) is 16.9. The third-order valence-electron chi connectivity index (χ3n) is 3.66. The standard InChI is InChI=1S/C17H13N3O/c1-12-6-8-13(9-7-12)20-16(21)10-11-19-15-5-3-2-4-14(15)18-17(19)20/h2-11H,1H3. The summed E-state index contributed by atoms with van der Waals surface area (Å²) in [7, 11) is 0. The number of benzene rings is 2. The van der Waals surface area contributed by atoms with Crippen LogP contribution in [-0.2, 0) is 0 Å². The zero-order chi connectivity index (χ0) is 14.4. The number of para-hydroxylation sites is 2. The Morgan fingerprint density at radius 3 is 2.52 bits per heavy atom. The minimum Gasteiger partial charge on any atom is -0.285 e. The van der Waals surface area contributed by atoms with Crippen molar-refractivity contribution in [1.29, 1.82) is 0 Å². The minimum atomic E-state index is -0.0818. The van der Waals surface area contributed by atoms with Gasteiger partial charge in [0, 0.05) is 12.3 Å². The maximum Gasteiger partial charge on any atom is 0.259 e. The average Bonchev–Trinajstić information content (AvgIpc) is 2.87. The van der Waals surface area contributed by atoms with E-state index in [1.165, 1.54) is 0 Å². The molecule has 0 unspecified atom stereocenters. The zero-order valence-electron chi connectivity index (χ0n) is 11.5. The van der Waals surface area contributed by atoms with E-state index in [1.54, 1.807) is 16.8 Å². The summed E-state index contributed by atoms with van der Waals surface area (Å²) in [6, 6.07) is 17.3. The first kappa shape index (κ1) is 11.9. The Labute approximate surface area is 120 Å². The largest absolute Gasteiger partial charge is 0.285 e. The molecular weight excluding hydrogens is 262 g/mol. The van der Waals surface area contributed by atoms with Crippen molar-refractivity contribution in [2.45, 2.75) is 6.92 Å². The summed E-state index contributed by atoms with van der Waals surface area (Å²) in [6.45, 7) is 2.02. The molecule has 21 heavy (non-hydrogen) atoms. The van der Waals surface area contributed by atoms with Gasteiger partial charge in [-0.15, -0.1) is 0 Å². The molecule has 4 aromatic rings. The summed E-state index contributed by atoms with van der Waals surface area (Å²) in [5.41, 5.74) is 3.78. The number of rotatable bonds is 1. The Hall–Kier alpha value is -2.88. The van der Waals surface area contributed by atoms with E-state index in [9.17, 15) is 4.79 Å². The van der Waals surface area contributed by atoms with Gasteiger partial charge in [0.2, 0.25) is 5.78 Å². The highest BCUT2D eigenvalue weighted by atomic mass is 16.1. The normalized spacial score (nSPS) is 11.3. The van der Waals surface area contributed by atoms with Crippen molar-refractivity contribution in [1.82, 2.24) is 14.0 Å². The number of imidazole rings is 1. The summed E-state index contributed by atoms with van der Waals surface area (Å²) in [5.74, 6) is 0.632. The van der Waals surface area contributed by atoms with Crippen molar-refractivity contribution in [3.05, 3.63) is 76.7 Å². The van der Waals surface area contributed by atoms with E-state index in [-0.39, 0.29) is 5.56 Å². The first-order chi connectivity index (χ1) is 10.2. The van der Waals surface area contributed by atoms with Crippen molar-refractivity contribution < 1.29 is 0 Å². The van der Waals surface area contributed by atoms with Crippen molar-refractivity contribution in [2.24, 2.45) is 0 Å². The number of fused-ring (bicyclic) bond motifs is 3. The molecular formula is C17H13N3O. The molecule has 0 saturated heterocycles. The van der Waals surface area contributed by atoms with E-state index in [1.807, 2.05) is 59.9 Å². The predicted octanol–water partition coefficient (Wildman–Crippen LogP) is 2.95. The molecule has 0 radical (unpaired) electrons. The Morgan fingerprint density at radius 1 is 0.952 bits per heavy atom. The quantitative estimate of drug-likeness (QED) is 0.536.